The third-order valence-corrected chi connectivity index (χ3v) is 4.51. The molecule has 1 fully saturated rings. The van der Waals surface area contributed by atoms with Gasteiger partial charge in [-0.15, -0.1) is 0 Å². The van der Waals surface area contributed by atoms with E-state index in [-0.39, 0.29) is 11.9 Å². The molecule has 5 heteroatoms. The van der Waals surface area contributed by atoms with Gasteiger partial charge in [0, 0.05) is 18.3 Å². The number of hydrogen-bond acceptors (Lipinski definition) is 3. The Kier molecular flexibility index (Phi) is 4.34. The van der Waals surface area contributed by atoms with Crippen molar-refractivity contribution in [1.29, 1.82) is 5.41 Å². The molecule has 1 aromatic carbocycles. The molecule has 0 aliphatic heterocycles. The Labute approximate surface area is 142 Å². The molecule has 1 aliphatic rings. The fraction of sp³-hybridized carbons (Fsp3) is 0.316. The maximum atomic E-state index is 12.1. The molecule has 3 rings (SSSR count). The molecule has 0 bridgehead atoms. The zero-order chi connectivity index (χ0) is 17.2. The second-order valence-electron chi connectivity index (χ2n) is 6.26. The topological polar surface area (TPSA) is 77.9 Å². The number of aromatic nitrogens is 1. The number of carbonyl (C=O) groups is 1. The van der Waals surface area contributed by atoms with Gasteiger partial charge in [0.15, 0.2) is 5.96 Å². The number of guanidine groups is 1. The van der Waals surface area contributed by atoms with E-state index >= 15 is 0 Å². The highest BCUT2D eigenvalue weighted by Gasteiger charge is 2.47. The summed E-state index contributed by atoms with van der Waals surface area (Å²) in [6, 6.07) is 13.8. The quantitative estimate of drug-likeness (QED) is 0.449. The van der Waals surface area contributed by atoms with Gasteiger partial charge in [-0.05, 0) is 49.4 Å². The van der Waals surface area contributed by atoms with Crippen LogP contribution in [0.3, 0.4) is 0 Å². The van der Waals surface area contributed by atoms with Gasteiger partial charge >= 0.3 is 0 Å². The van der Waals surface area contributed by atoms with E-state index in [9.17, 15) is 4.79 Å². The van der Waals surface area contributed by atoms with Crippen molar-refractivity contribution in [3.05, 3.63) is 53.7 Å². The van der Waals surface area contributed by atoms with E-state index in [4.69, 9.17) is 5.41 Å². The first-order chi connectivity index (χ1) is 11.6. The van der Waals surface area contributed by atoms with E-state index in [1.165, 1.54) is 0 Å². The van der Waals surface area contributed by atoms with E-state index in [0.29, 0.717) is 0 Å². The Morgan fingerprint density at radius 1 is 1.29 bits per heavy atom. The van der Waals surface area contributed by atoms with Gasteiger partial charge in [-0.3, -0.25) is 10.4 Å². The van der Waals surface area contributed by atoms with Crippen LogP contribution in [-0.2, 0) is 10.3 Å². The lowest BCUT2D eigenvalue weighted by Gasteiger charge is -2.31. The summed E-state index contributed by atoms with van der Waals surface area (Å²) >= 11 is 0. The maximum Gasteiger partial charge on any atom is 0.189 e. The maximum absolute atomic E-state index is 12.1. The van der Waals surface area contributed by atoms with Crippen LogP contribution in [-0.4, -0.2) is 24.3 Å². The number of hydrogen-bond donors (Lipinski definition) is 3. The summed E-state index contributed by atoms with van der Waals surface area (Å²) in [5.74, 6) is 0.359. The van der Waals surface area contributed by atoms with Gasteiger partial charge in [0.2, 0.25) is 0 Å². The predicted molar refractivity (Wildman–Crippen MR) is 94.8 cm³/mol. The molecule has 1 unspecified atom stereocenters. The normalized spacial score (nSPS) is 16.1. The van der Waals surface area contributed by atoms with Crippen LogP contribution in [0.4, 0.5) is 0 Å². The zero-order valence-corrected chi connectivity index (χ0v) is 14.0. The number of aldehydes is 1. The van der Waals surface area contributed by atoms with Crippen LogP contribution in [0.2, 0.25) is 0 Å². The SMILES string of the molecule is CNC(=N)NC(C=O)(c1cccc(-c2cccc(C)n2)c1)C1CC1. The van der Waals surface area contributed by atoms with Crippen molar-refractivity contribution in [3.8, 4) is 11.3 Å². The van der Waals surface area contributed by atoms with E-state index in [2.05, 4.69) is 15.6 Å². The van der Waals surface area contributed by atoms with Crippen molar-refractivity contribution >= 4 is 12.2 Å². The third-order valence-electron chi connectivity index (χ3n) is 4.51. The van der Waals surface area contributed by atoms with Crippen LogP contribution < -0.4 is 10.6 Å². The molecular formula is C19H22N4O. The van der Waals surface area contributed by atoms with Crippen molar-refractivity contribution in [2.75, 3.05) is 7.05 Å². The number of benzene rings is 1. The molecule has 1 aromatic heterocycles. The van der Waals surface area contributed by atoms with Gasteiger partial charge < -0.3 is 15.4 Å². The molecule has 1 saturated carbocycles. The highest BCUT2D eigenvalue weighted by Crippen LogP contribution is 2.45. The molecule has 0 saturated heterocycles. The summed E-state index contributed by atoms with van der Waals surface area (Å²) in [5, 5.41) is 13.8. The molecule has 0 spiro atoms. The highest BCUT2D eigenvalue weighted by atomic mass is 16.1. The lowest BCUT2D eigenvalue weighted by molar-refractivity contribution is -0.114. The first-order valence-corrected chi connectivity index (χ1v) is 8.14. The second kappa shape index (κ2) is 6.43. The lowest BCUT2D eigenvalue weighted by atomic mass is 9.85. The molecular weight excluding hydrogens is 300 g/mol. The van der Waals surface area contributed by atoms with Crippen LogP contribution in [0, 0.1) is 18.3 Å². The van der Waals surface area contributed by atoms with Gasteiger partial charge in [-0.25, -0.2) is 0 Å². The third kappa shape index (κ3) is 3.02. The molecule has 1 aliphatic carbocycles. The predicted octanol–water partition coefficient (Wildman–Crippen LogP) is 2.60. The molecule has 124 valence electrons. The fourth-order valence-electron chi connectivity index (χ4n) is 3.05. The summed E-state index contributed by atoms with van der Waals surface area (Å²) < 4.78 is 0. The highest BCUT2D eigenvalue weighted by molar-refractivity contribution is 5.84. The Hall–Kier alpha value is -2.69. The monoisotopic (exact) mass is 322 g/mol. The molecule has 1 atom stereocenters. The van der Waals surface area contributed by atoms with Crippen molar-refractivity contribution in [2.45, 2.75) is 25.3 Å². The minimum Gasteiger partial charge on any atom is -0.360 e. The van der Waals surface area contributed by atoms with Gasteiger partial charge in [-0.2, -0.15) is 0 Å². The van der Waals surface area contributed by atoms with Crippen LogP contribution in [0.25, 0.3) is 11.3 Å². The number of carbonyl (C=O) groups excluding carboxylic acids is 1. The fourth-order valence-corrected chi connectivity index (χ4v) is 3.05. The Bertz CT molecular complexity index is 769. The number of nitrogens with zero attached hydrogens (tertiary/aromatic N) is 1. The molecule has 3 N–H and O–H groups in total. The zero-order valence-electron chi connectivity index (χ0n) is 14.0. The first kappa shape index (κ1) is 16.2. The van der Waals surface area contributed by atoms with E-state index in [1.54, 1.807) is 7.05 Å². The van der Waals surface area contributed by atoms with Gasteiger partial charge in [-0.1, -0.05) is 24.3 Å². The average Bonchev–Trinajstić information content (AvgIpc) is 3.45. The van der Waals surface area contributed by atoms with Gasteiger partial charge in [0.05, 0.1) is 5.69 Å². The lowest BCUT2D eigenvalue weighted by Crippen LogP contribution is -2.52. The van der Waals surface area contributed by atoms with Crippen LogP contribution in [0.15, 0.2) is 42.5 Å². The summed E-state index contributed by atoms with van der Waals surface area (Å²) in [4.78, 5) is 16.6. The largest absolute Gasteiger partial charge is 0.360 e. The van der Waals surface area contributed by atoms with Crippen LogP contribution >= 0.6 is 0 Å². The molecule has 0 radical (unpaired) electrons. The summed E-state index contributed by atoms with van der Waals surface area (Å²) in [7, 11) is 1.67. The van der Waals surface area contributed by atoms with Crippen molar-refractivity contribution in [2.24, 2.45) is 5.92 Å². The summed E-state index contributed by atoms with van der Waals surface area (Å²) in [6.07, 6.45) is 2.91. The molecule has 0 amide bonds. The van der Waals surface area contributed by atoms with Crippen molar-refractivity contribution < 1.29 is 4.79 Å². The summed E-state index contributed by atoms with van der Waals surface area (Å²) in [5.41, 5.74) is 2.83. The Balaban J connectivity index is 2.04. The van der Waals surface area contributed by atoms with Crippen LogP contribution in [0.5, 0.6) is 0 Å². The smallest absolute Gasteiger partial charge is 0.189 e. The van der Waals surface area contributed by atoms with E-state index in [1.807, 2.05) is 49.4 Å². The Morgan fingerprint density at radius 3 is 2.67 bits per heavy atom. The van der Waals surface area contributed by atoms with Gasteiger partial charge in [0.25, 0.3) is 0 Å². The average molecular weight is 322 g/mol. The molecule has 1 heterocycles. The number of rotatable bonds is 5. The van der Waals surface area contributed by atoms with Crippen LogP contribution in [0.1, 0.15) is 24.1 Å². The van der Waals surface area contributed by atoms with Crippen molar-refractivity contribution in [1.82, 2.24) is 15.6 Å². The minimum absolute atomic E-state index is 0.146. The van der Waals surface area contributed by atoms with Gasteiger partial charge in [0.1, 0.15) is 11.8 Å². The number of aryl methyl sites for hydroxylation is 1. The first-order valence-electron chi connectivity index (χ1n) is 8.14. The van der Waals surface area contributed by atoms with Crippen molar-refractivity contribution in [3.63, 3.8) is 0 Å². The molecule has 24 heavy (non-hydrogen) atoms. The minimum atomic E-state index is -0.861. The standard InChI is InChI=1S/C19H22N4O/c1-13-5-3-8-17(22-13)14-6-4-7-16(11-14)19(12-24,15-9-10-15)23-18(20)21-2/h3-8,11-12,15H,9-10H2,1-2H3,(H3,20,21,23). The van der Waals surface area contributed by atoms with E-state index < -0.39 is 5.54 Å². The summed E-state index contributed by atoms with van der Waals surface area (Å²) in [6.45, 7) is 1.96. The molecule has 5 nitrogen and oxygen atoms in total. The molecule has 2 aromatic rings. The number of nitrogens with one attached hydrogen (secondary N) is 3. The van der Waals surface area contributed by atoms with E-state index in [0.717, 1.165) is 41.6 Å². The second-order valence-corrected chi connectivity index (χ2v) is 6.26. The number of pyridine rings is 1. The Morgan fingerprint density at radius 2 is 2.04 bits per heavy atom.